The quantitative estimate of drug-likeness (QED) is 0.588. The SMILES string of the molecule is C[Si](C)(C)C#Cc1cn(CN2CCOC2=O)nn1. The Balaban J connectivity index is 2.01. The number of carbonyl (C=O) groups excluding carboxylic acids is 1. The molecule has 0 atom stereocenters. The monoisotopic (exact) mass is 264 g/mol. The summed E-state index contributed by atoms with van der Waals surface area (Å²) in [5.41, 5.74) is 3.87. The molecular weight excluding hydrogens is 248 g/mol. The lowest BCUT2D eigenvalue weighted by molar-refractivity contribution is 0.149. The van der Waals surface area contributed by atoms with Crippen molar-refractivity contribution < 1.29 is 9.53 Å². The van der Waals surface area contributed by atoms with Gasteiger partial charge < -0.3 is 4.74 Å². The van der Waals surface area contributed by atoms with Crippen molar-refractivity contribution in [3.05, 3.63) is 11.9 Å². The van der Waals surface area contributed by atoms with Crippen molar-refractivity contribution in [2.24, 2.45) is 0 Å². The molecule has 18 heavy (non-hydrogen) atoms. The maximum Gasteiger partial charge on any atom is 0.411 e. The zero-order chi connectivity index (χ0) is 13.2. The van der Waals surface area contributed by atoms with E-state index in [0.717, 1.165) is 0 Å². The van der Waals surface area contributed by atoms with Gasteiger partial charge in [0, 0.05) is 0 Å². The van der Waals surface area contributed by atoms with Crippen molar-refractivity contribution in [2.75, 3.05) is 13.2 Å². The summed E-state index contributed by atoms with van der Waals surface area (Å²) in [6.45, 7) is 7.91. The van der Waals surface area contributed by atoms with Crippen molar-refractivity contribution in [3.63, 3.8) is 0 Å². The second kappa shape index (κ2) is 4.82. The number of carbonyl (C=O) groups is 1. The van der Waals surface area contributed by atoms with Gasteiger partial charge in [0.1, 0.15) is 21.3 Å². The van der Waals surface area contributed by atoms with E-state index in [2.05, 4.69) is 41.4 Å². The van der Waals surface area contributed by atoms with E-state index in [1.165, 1.54) is 0 Å². The molecule has 0 aromatic carbocycles. The normalized spacial score (nSPS) is 15.3. The molecule has 0 spiro atoms. The maximum atomic E-state index is 11.3. The number of nitrogens with zero attached hydrogens (tertiary/aromatic N) is 4. The fourth-order valence-corrected chi connectivity index (χ4v) is 1.91. The minimum Gasteiger partial charge on any atom is -0.447 e. The van der Waals surface area contributed by atoms with Crippen LogP contribution < -0.4 is 0 Å². The highest BCUT2D eigenvalue weighted by Crippen LogP contribution is 2.05. The Hall–Kier alpha value is -1.81. The molecule has 1 saturated heterocycles. The molecule has 0 N–H and O–H groups in total. The van der Waals surface area contributed by atoms with Gasteiger partial charge in [-0.15, -0.1) is 10.6 Å². The van der Waals surface area contributed by atoms with Crippen LogP contribution >= 0.6 is 0 Å². The Labute approximate surface area is 107 Å². The molecule has 1 aromatic rings. The second-order valence-corrected chi connectivity index (χ2v) is 9.91. The maximum absolute atomic E-state index is 11.3. The lowest BCUT2D eigenvalue weighted by Gasteiger charge is -2.10. The number of amides is 1. The summed E-state index contributed by atoms with van der Waals surface area (Å²) in [6.07, 6.45) is 1.44. The number of rotatable bonds is 2. The van der Waals surface area contributed by atoms with E-state index in [9.17, 15) is 4.79 Å². The van der Waals surface area contributed by atoms with Crippen LogP contribution in [0.1, 0.15) is 5.69 Å². The van der Waals surface area contributed by atoms with Crippen molar-refractivity contribution in [1.29, 1.82) is 0 Å². The number of aromatic nitrogens is 3. The van der Waals surface area contributed by atoms with Gasteiger partial charge in [-0.1, -0.05) is 30.8 Å². The Kier molecular flexibility index (Phi) is 3.38. The molecule has 0 radical (unpaired) electrons. The van der Waals surface area contributed by atoms with E-state index in [0.29, 0.717) is 25.5 Å². The zero-order valence-corrected chi connectivity index (χ0v) is 11.8. The first-order chi connectivity index (χ1) is 8.44. The Morgan fingerprint density at radius 1 is 1.50 bits per heavy atom. The summed E-state index contributed by atoms with van der Waals surface area (Å²) in [5, 5.41) is 7.91. The van der Waals surface area contributed by atoms with E-state index in [-0.39, 0.29) is 6.09 Å². The Bertz CT molecular complexity index is 509. The molecule has 2 heterocycles. The summed E-state index contributed by atoms with van der Waals surface area (Å²) in [5.74, 6) is 3.02. The predicted octanol–water partition coefficient (Wildman–Crippen LogP) is 0.917. The zero-order valence-electron chi connectivity index (χ0n) is 10.8. The largest absolute Gasteiger partial charge is 0.447 e. The molecule has 1 aliphatic heterocycles. The molecule has 0 unspecified atom stereocenters. The van der Waals surface area contributed by atoms with Crippen molar-refractivity contribution in [3.8, 4) is 11.5 Å². The topological polar surface area (TPSA) is 60.2 Å². The smallest absolute Gasteiger partial charge is 0.411 e. The minimum absolute atomic E-state index is 0.305. The van der Waals surface area contributed by atoms with Gasteiger partial charge in [-0.2, -0.15) is 0 Å². The predicted molar refractivity (Wildman–Crippen MR) is 68.3 cm³/mol. The van der Waals surface area contributed by atoms with E-state index in [1.54, 1.807) is 15.8 Å². The second-order valence-electron chi connectivity index (χ2n) is 5.16. The third kappa shape index (κ3) is 3.34. The summed E-state index contributed by atoms with van der Waals surface area (Å²) < 4.78 is 6.44. The number of hydrogen-bond donors (Lipinski definition) is 0. The number of hydrogen-bond acceptors (Lipinski definition) is 4. The molecule has 96 valence electrons. The summed E-state index contributed by atoms with van der Waals surface area (Å²) in [4.78, 5) is 12.8. The van der Waals surface area contributed by atoms with Crippen LogP contribution in [0.15, 0.2) is 6.20 Å². The average Bonchev–Trinajstić information content (AvgIpc) is 2.86. The first-order valence-electron chi connectivity index (χ1n) is 5.79. The Morgan fingerprint density at radius 3 is 2.89 bits per heavy atom. The first kappa shape index (κ1) is 12.6. The first-order valence-corrected chi connectivity index (χ1v) is 9.29. The summed E-state index contributed by atoms with van der Waals surface area (Å²) in [7, 11) is -1.40. The highest BCUT2D eigenvalue weighted by Gasteiger charge is 2.22. The molecule has 7 heteroatoms. The standard InChI is InChI=1S/C11H16N4O2Si/c1-18(2,3)7-4-10-8-15(13-12-10)9-14-5-6-17-11(14)16/h8H,5-6,9H2,1-3H3. The van der Waals surface area contributed by atoms with Gasteiger partial charge in [0.15, 0.2) is 5.69 Å². The fourth-order valence-electron chi connectivity index (χ4n) is 1.41. The van der Waals surface area contributed by atoms with Crippen LogP contribution in [0.5, 0.6) is 0 Å². The van der Waals surface area contributed by atoms with Gasteiger partial charge in [-0.25, -0.2) is 9.48 Å². The number of ether oxygens (including phenoxy) is 1. The Morgan fingerprint density at radius 2 is 2.28 bits per heavy atom. The van der Waals surface area contributed by atoms with Gasteiger partial charge in [-0.3, -0.25) is 4.90 Å². The van der Waals surface area contributed by atoms with Crippen LogP contribution in [0, 0.1) is 11.5 Å². The lowest BCUT2D eigenvalue weighted by atomic mass is 10.5. The summed E-state index contributed by atoms with van der Waals surface area (Å²) >= 11 is 0. The molecule has 1 fully saturated rings. The van der Waals surface area contributed by atoms with Crippen LogP contribution in [-0.2, 0) is 11.4 Å². The van der Waals surface area contributed by atoms with Gasteiger partial charge in [-0.05, 0) is 0 Å². The van der Waals surface area contributed by atoms with E-state index < -0.39 is 8.07 Å². The molecule has 6 nitrogen and oxygen atoms in total. The lowest BCUT2D eigenvalue weighted by Crippen LogP contribution is -2.27. The number of cyclic esters (lactones) is 1. The molecular formula is C11H16N4O2Si. The third-order valence-corrected chi connectivity index (χ3v) is 3.14. The third-order valence-electron chi connectivity index (χ3n) is 2.26. The summed E-state index contributed by atoms with van der Waals surface area (Å²) in [6, 6.07) is 0. The van der Waals surface area contributed by atoms with Gasteiger partial charge in [0.2, 0.25) is 0 Å². The van der Waals surface area contributed by atoms with Gasteiger partial charge >= 0.3 is 6.09 Å². The van der Waals surface area contributed by atoms with Crippen LogP contribution in [0.2, 0.25) is 19.6 Å². The van der Waals surface area contributed by atoms with Gasteiger partial charge in [0.25, 0.3) is 0 Å². The molecule has 0 saturated carbocycles. The fraction of sp³-hybridized carbons (Fsp3) is 0.545. The van der Waals surface area contributed by atoms with Crippen molar-refractivity contribution >= 4 is 14.2 Å². The van der Waals surface area contributed by atoms with Crippen LogP contribution in [0.25, 0.3) is 0 Å². The van der Waals surface area contributed by atoms with Crippen molar-refractivity contribution in [1.82, 2.24) is 19.9 Å². The molecule has 1 aliphatic rings. The molecule has 0 aliphatic carbocycles. The van der Waals surface area contributed by atoms with Gasteiger partial charge in [0.05, 0.1) is 12.7 Å². The molecule has 0 bridgehead atoms. The molecule has 1 amide bonds. The minimum atomic E-state index is -1.40. The van der Waals surface area contributed by atoms with Crippen LogP contribution in [0.3, 0.4) is 0 Å². The highest BCUT2D eigenvalue weighted by molar-refractivity contribution is 6.83. The molecule has 1 aromatic heterocycles. The molecule has 2 rings (SSSR count). The van der Waals surface area contributed by atoms with E-state index in [1.807, 2.05) is 0 Å². The van der Waals surface area contributed by atoms with Crippen molar-refractivity contribution in [2.45, 2.75) is 26.3 Å². The van der Waals surface area contributed by atoms with E-state index >= 15 is 0 Å². The van der Waals surface area contributed by atoms with Crippen LogP contribution in [-0.4, -0.2) is 47.2 Å². The van der Waals surface area contributed by atoms with E-state index in [4.69, 9.17) is 4.74 Å². The highest BCUT2D eigenvalue weighted by atomic mass is 28.3. The van der Waals surface area contributed by atoms with Crippen LogP contribution in [0.4, 0.5) is 4.79 Å². The average molecular weight is 264 g/mol.